The Labute approximate surface area is 234 Å². The number of nitrogens with one attached hydrogen (secondary N) is 1. The number of nitrogen functional groups attached to an aromatic ring is 2. The van der Waals surface area contributed by atoms with E-state index in [1.165, 1.54) is 24.7 Å². The standard InChI is InChI=1S/C23H31N10O7P/c1-12(2)38-20(35)13(3)30-41(36,40-14-8-6-5-7-9-14)37-10-15-17(34)23(4,31-32-26)21(39-15)33-11-27-16-18(24)28-22(25)29-19(16)33/h5-9,11-13,15,17,21,34H,10H2,1-4H3,(H,30,36)(H4,24,25,28,29)/t13-,15-,17-,21-,23-,41+/m1/s1. The van der Waals surface area contributed by atoms with Crippen molar-refractivity contribution >= 4 is 36.6 Å². The molecule has 4 rings (SSSR count). The van der Waals surface area contributed by atoms with Crippen molar-refractivity contribution in [3.05, 3.63) is 47.1 Å². The number of ether oxygens (including phenoxy) is 2. The van der Waals surface area contributed by atoms with Crippen LogP contribution in [0.15, 0.2) is 41.8 Å². The molecule has 18 heteroatoms. The summed E-state index contributed by atoms with van der Waals surface area (Å²) in [4.78, 5) is 27.5. The van der Waals surface area contributed by atoms with E-state index < -0.39 is 56.4 Å². The molecular formula is C23H31N10O7P. The monoisotopic (exact) mass is 590 g/mol. The van der Waals surface area contributed by atoms with Crippen molar-refractivity contribution in [3.63, 3.8) is 0 Å². The number of aromatic nitrogens is 4. The second-order valence-corrected chi connectivity index (χ2v) is 11.4. The van der Waals surface area contributed by atoms with E-state index >= 15 is 0 Å². The number of aliphatic hydroxyl groups is 1. The number of carbonyl (C=O) groups is 1. The van der Waals surface area contributed by atoms with Crippen LogP contribution in [0, 0.1) is 0 Å². The van der Waals surface area contributed by atoms with Crippen molar-refractivity contribution in [2.45, 2.75) is 63.8 Å². The van der Waals surface area contributed by atoms with Crippen molar-refractivity contribution in [1.29, 1.82) is 0 Å². The third kappa shape index (κ3) is 6.35. The van der Waals surface area contributed by atoms with Gasteiger partial charge in [-0.05, 0) is 45.4 Å². The number of azide groups is 1. The van der Waals surface area contributed by atoms with Crippen molar-refractivity contribution in [2.75, 3.05) is 18.1 Å². The van der Waals surface area contributed by atoms with Crippen LogP contribution in [0.4, 0.5) is 11.8 Å². The van der Waals surface area contributed by atoms with Gasteiger partial charge < -0.3 is 30.6 Å². The number of nitrogens with zero attached hydrogens (tertiary/aromatic N) is 7. The Morgan fingerprint density at radius 2 is 2.02 bits per heavy atom. The number of hydrogen-bond donors (Lipinski definition) is 4. The summed E-state index contributed by atoms with van der Waals surface area (Å²) in [5, 5.41) is 17.6. The lowest BCUT2D eigenvalue weighted by Crippen LogP contribution is -2.43. The maximum Gasteiger partial charge on any atom is 0.459 e. The molecule has 6 atom stereocenters. The summed E-state index contributed by atoms with van der Waals surface area (Å²) in [6.45, 7) is 5.74. The molecule has 3 heterocycles. The molecule has 0 spiro atoms. The number of hydrogen-bond acceptors (Lipinski definition) is 13. The highest BCUT2D eigenvalue weighted by atomic mass is 31.2. The first-order valence-electron chi connectivity index (χ1n) is 12.5. The van der Waals surface area contributed by atoms with Crippen molar-refractivity contribution < 1.29 is 33.0 Å². The maximum absolute atomic E-state index is 13.9. The molecule has 3 aromatic rings. The smallest absolute Gasteiger partial charge is 0.459 e. The van der Waals surface area contributed by atoms with Crippen LogP contribution in [0.2, 0.25) is 0 Å². The normalized spacial score (nSPS) is 24.5. The summed E-state index contributed by atoms with van der Waals surface area (Å²) in [7, 11) is -4.28. The molecule has 220 valence electrons. The molecule has 41 heavy (non-hydrogen) atoms. The third-order valence-corrected chi connectivity index (χ3v) is 7.81. The summed E-state index contributed by atoms with van der Waals surface area (Å²) in [5.41, 5.74) is 19.7. The minimum Gasteiger partial charge on any atom is -0.462 e. The van der Waals surface area contributed by atoms with Gasteiger partial charge in [0, 0.05) is 4.91 Å². The highest BCUT2D eigenvalue weighted by molar-refractivity contribution is 7.52. The summed E-state index contributed by atoms with van der Waals surface area (Å²) in [5.74, 6) is -0.598. The summed E-state index contributed by atoms with van der Waals surface area (Å²) in [6, 6.07) is 7.07. The van der Waals surface area contributed by atoms with E-state index in [1.54, 1.807) is 44.2 Å². The first kappa shape index (κ1) is 30.0. The molecule has 6 N–H and O–H groups in total. The average molecular weight is 591 g/mol. The van der Waals surface area contributed by atoms with Crippen molar-refractivity contribution in [2.24, 2.45) is 5.11 Å². The van der Waals surface area contributed by atoms with Gasteiger partial charge in [0.1, 0.15) is 29.0 Å². The lowest BCUT2D eigenvalue weighted by Gasteiger charge is -2.28. The maximum atomic E-state index is 13.9. The van der Waals surface area contributed by atoms with E-state index in [2.05, 4.69) is 30.1 Å². The molecule has 1 saturated heterocycles. The van der Waals surface area contributed by atoms with Crippen LogP contribution >= 0.6 is 7.75 Å². The molecule has 0 bridgehead atoms. The number of fused-ring (bicyclic) bond motifs is 1. The highest BCUT2D eigenvalue weighted by Gasteiger charge is 2.55. The summed E-state index contributed by atoms with van der Waals surface area (Å²) in [6.07, 6.45) is -2.91. The molecule has 1 aromatic carbocycles. The Bertz CT molecular complexity index is 1500. The van der Waals surface area contributed by atoms with E-state index in [1.807, 2.05) is 0 Å². The van der Waals surface area contributed by atoms with Gasteiger partial charge in [-0.1, -0.05) is 23.3 Å². The van der Waals surface area contributed by atoms with Crippen molar-refractivity contribution in [3.8, 4) is 5.75 Å². The Morgan fingerprint density at radius 1 is 1.32 bits per heavy atom. The number of anilines is 2. The summed E-state index contributed by atoms with van der Waals surface area (Å²) < 4.78 is 37.8. The number of para-hydroxylation sites is 1. The minimum atomic E-state index is -4.28. The van der Waals surface area contributed by atoms with Crippen molar-refractivity contribution in [1.82, 2.24) is 24.6 Å². The second-order valence-electron chi connectivity index (χ2n) is 9.71. The molecule has 1 aliphatic rings. The fourth-order valence-corrected chi connectivity index (χ4v) is 5.72. The first-order valence-corrected chi connectivity index (χ1v) is 14.0. The molecule has 1 aliphatic heterocycles. The Morgan fingerprint density at radius 3 is 2.68 bits per heavy atom. The number of carbonyl (C=O) groups excluding carboxylic acids is 1. The average Bonchev–Trinajstić information content (AvgIpc) is 3.42. The lowest BCUT2D eigenvalue weighted by molar-refractivity contribution is -0.149. The number of benzene rings is 1. The molecule has 0 radical (unpaired) electrons. The molecule has 0 saturated carbocycles. The van der Waals surface area contributed by atoms with E-state index in [-0.39, 0.29) is 28.7 Å². The number of imidazole rings is 1. The molecular weight excluding hydrogens is 559 g/mol. The zero-order chi connectivity index (χ0) is 29.9. The predicted molar refractivity (Wildman–Crippen MR) is 146 cm³/mol. The van der Waals surface area contributed by atoms with Crippen LogP contribution in [0.25, 0.3) is 21.6 Å². The van der Waals surface area contributed by atoms with Gasteiger partial charge in [0.05, 0.1) is 25.1 Å². The summed E-state index contributed by atoms with van der Waals surface area (Å²) >= 11 is 0. The number of nitrogens with two attached hydrogens (primary N) is 2. The van der Waals surface area contributed by atoms with Crippen LogP contribution < -0.4 is 21.1 Å². The van der Waals surface area contributed by atoms with Gasteiger partial charge in [0.15, 0.2) is 17.7 Å². The Hall–Kier alpha value is -3.98. The fraction of sp³-hybridized carbons (Fsp3) is 0.478. The predicted octanol–water partition coefficient (Wildman–Crippen LogP) is 2.45. The largest absolute Gasteiger partial charge is 0.462 e. The van der Waals surface area contributed by atoms with Crippen LogP contribution in [0.1, 0.15) is 33.9 Å². The Kier molecular flexibility index (Phi) is 8.68. The third-order valence-electron chi connectivity index (χ3n) is 6.17. The van der Waals surface area contributed by atoms with Gasteiger partial charge in [-0.15, -0.1) is 0 Å². The quantitative estimate of drug-likeness (QED) is 0.0824. The van der Waals surface area contributed by atoms with Crippen LogP contribution in [-0.2, 0) is 23.4 Å². The second kappa shape index (κ2) is 11.9. The van der Waals surface area contributed by atoms with Gasteiger partial charge >= 0.3 is 13.7 Å². The van der Waals surface area contributed by atoms with Gasteiger partial charge in [0.25, 0.3) is 0 Å². The van der Waals surface area contributed by atoms with Crippen LogP contribution in [0.5, 0.6) is 5.75 Å². The number of esters is 1. The Balaban J connectivity index is 1.61. The van der Waals surface area contributed by atoms with Gasteiger partial charge in [-0.3, -0.25) is 13.9 Å². The van der Waals surface area contributed by atoms with E-state index in [0.717, 1.165) is 0 Å². The number of aliphatic hydroxyl groups excluding tert-OH is 1. The topological polar surface area (TPSA) is 248 Å². The van der Waals surface area contributed by atoms with E-state index in [4.69, 9.17) is 30.0 Å². The molecule has 0 unspecified atom stereocenters. The lowest BCUT2D eigenvalue weighted by atomic mass is 9.93. The van der Waals surface area contributed by atoms with Gasteiger partial charge in [0.2, 0.25) is 5.95 Å². The highest BCUT2D eigenvalue weighted by Crippen LogP contribution is 2.48. The van der Waals surface area contributed by atoms with E-state index in [9.17, 15) is 20.0 Å². The molecule has 0 aliphatic carbocycles. The minimum absolute atomic E-state index is 0.0188. The molecule has 17 nitrogen and oxygen atoms in total. The molecule has 2 aromatic heterocycles. The zero-order valence-corrected chi connectivity index (χ0v) is 23.6. The molecule has 0 amide bonds. The van der Waals surface area contributed by atoms with Crippen LogP contribution in [0.3, 0.4) is 0 Å². The zero-order valence-electron chi connectivity index (χ0n) is 22.7. The number of rotatable bonds is 11. The van der Waals surface area contributed by atoms with E-state index in [0.29, 0.717) is 0 Å². The van der Waals surface area contributed by atoms with Gasteiger partial charge in [-0.25, -0.2) is 9.55 Å². The van der Waals surface area contributed by atoms with Gasteiger partial charge in [-0.2, -0.15) is 15.1 Å². The fourth-order valence-electron chi connectivity index (χ4n) is 4.22. The first-order chi connectivity index (χ1) is 19.4. The molecule has 1 fully saturated rings. The SMILES string of the molecule is CC(C)OC(=O)[C@@H](C)N[P@](=O)(OC[C@H]1O[C@@H](n2cnc3c(N)nc(N)nc32)[C@](C)(N=[N+]=[N-])[C@@H]1O)Oc1ccccc1. The van der Waals surface area contributed by atoms with Crippen LogP contribution in [-0.4, -0.2) is 67.1 Å².